The first-order valence-electron chi connectivity index (χ1n) is 7.44. The minimum Gasteiger partial charge on any atom is -0.480 e. The zero-order chi connectivity index (χ0) is 16.4. The zero-order valence-electron chi connectivity index (χ0n) is 13.0. The van der Waals surface area contributed by atoms with Gasteiger partial charge in [-0.1, -0.05) is 30.3 Å². The van der Waals surface area contributed by atoms with Crippen molar-refractivity contribution in [1.82, 2.24) is 4.57 Å². The van der Waals surface area contributed by atoms with Crippen LogP contribution in [0.5, 0.6) is 0 Å². The number of aromatic nitrogens is 1. The van der Waals surface area contributed by atoms with Gasteiger partial charge < -0.3 is 9.67 Å². The second-order valence-electron chi connectivity index (χ2n) is 5.57. The lowest BCUT2D eigenvalue weighted by Gasteiger charge is -2.05. The maximum absolute atomic E-state index is 11.2. The topological polar surface area (TPSA) is 54.6 Å². The van der Waals surface area contributed by atoms with Gasteiger partial charge in [-0.25, -0.2) is 0 Å². The Morgan fingerprint density at radius 3 is 2.61 bits per heavy atom. The van der Waals surface area contributed by atoms with E-state index in [9.17, 15) is 9.90 Å². The van der Waals surface area contributed by atoms with Gasteiger partial charge in [0.15, 0.2) is 0 Å². The molecule has 1 N–H and O–H groups in total. The fourth-order valence-corrected chi connectivity index (χ4v) is 3.00. The van der Waals surface area contributed by atoms with E-state index in [2.05, 4.69) is 23.8 Å². The minimum atomic E-state index is -0.845. The monoisotopic (exact) mass is 306 g/mol. The van der Waals surface area contributed by atoms with Gasteiger partial charge in [-0.15, -0.1) is 0 Å². The third-order valence-corrected chi connectivity index (χ3v) is 4.14. The van der Waals surface area contributed by atoms with Crippen LogP contribution in [0.15, 0.2) is 53.5 Å². The largest absolute Gasteiger partial charge is 0.480 e. The molecule has 0 bridgehead atoms. The Labute approximate surface area is 134 Å². The van der Waals surface area contributed by atoms with Crippen molar-refractivity contribution in [2.45, 2.75) is 19.9 Å². The van der Waals surface area contributed by atoms with Gasteiger partial charge in [-0.05, 0) is 49.4 Å². The summed E-state index contributed by atoms with van der Waals surface area (Å²) in [7, 11) is 0. The molecule has 3 rings (SSSR count). The molecule has 0 spiro atoms. The molecule has 116 valence electrons. The van der Waals surface area contributed by atoms with Crippen LogP contribution in [0.1, 0.15) is 16.8 Å². The molecule has 0 atom stereocenters. The van der Waals surface area contributed by atoms with Gasteiger partial charge in [-0.2, -0.15) is 0 Å². The van der Waals surface area contributed by atoms with Gasteiger partial charge in [0.05, 0.1) is 5.69 Å². The Hall–Kier alpha value is -2.88. The van der Waals surface area contributed by atoms with Crippen molar-refractivity contribution in [3.8, 4) is 0 Å². The first kappa shape index (κ1) is 15.0. The fraction of sp³-hybridized carbons (Fsp3) is 0.158. The quantitative estimate of drug-likeness (QED) is 0.725. The van der Waals surface area contributed by atoms with Crippen LogP contribution < -0.4 is 0 Å². The van der Waals surface area contributed by atoms with Crippen LogP contribution in [0, 0.1) is 6.92 Å². The van der Waals surface area contributed by atoms with Crippen molar-refractivity contribution in [2.75, 3.05) is 0 Å². The molecule has 2 aromatic carbocycles. The van der Waals surface area contributed by atoms with Gasteiger partial charge in [0.2, 0.25) is 0 Å². The molecule has 4 heteroatoms. The zero-order valence-corrected chi connectivity index (χ0v) is 13.0. The summed E-state index contributed by atoms with van der Waals surface area (Å²) in [6.45, 7) is 5.51. The standard InChI is InChI=1S/C19H18N2O2/c1-13-16(10-14-6-4-3-5-7-14)17-11-15(20-2)8-9-18(17)21(13)12-19(22)23/h3-9,11H,2,10,12H2,1H3,(H,22,23). The molecule has 0 aliphatic carbocycles. The number of aliphatic imine (C=N–C) groups is 1. The third-order valence-electron chi connectivity index (χ3n) is 4.14. The first-order valence-corrected chi connectivity index (χ1v) is 7.44. The minimum absolute atomic E-state index is 0.0437. The molecular formula is C19H18N2O2. The molecule has 4 nitrogen and oxygen atoms in total. The number of carboxylic acid groups (broad SMARTS) is 1. The molecule has 0 unspecified atom stereocenters. The van der Waals surface area contributed by atoms with Gasteiger partial charge in [0.25, 0.3) is 0 Å². The summed E-state index contributed by atoms with van der Waals surface area (Å²) in [4.78, 5) is 15.2. The SMILES string of the molecule is C=Nc1ccc2c(c1)c(Cc1ccccc1)c(C)n2CC(=O)O. The van der Waals surface area contributed by atoms with E-state index in [1.807, 2.05) is 47.9 Å². The third kappa shape index (κ3) is 2.88. The summed E-state index contributed by atoms with van der Waals surface area (Å²) < 4.78 is 1.85. The summed E-state index contributed by atoms with van der Waals surface area (Å²) in [6, 6.07) is 15.9. The molecule has 1 aromatic heterocycles. The Morgan fingerprint density at radius 2 is 1.96 bits per heavy atom. The van der Waals surface area contributed by atoms with E-state index in [1.165, 1.54) is 5.56 Å². The predicted octanol–water partition coefficient (Wildman–Crippen LogP) is 3.96. The average Bonchev–Trinajstić information content (AvgIpc) is 2.80. The molecule has 0 saturated heterocycles. The second kappa shape index (κ2) is 6.08. The van der Waals surface area contributed by atoms with Crippen LogP contribution in [0.25, 0.3) is 10.9 Å². The summed E-state index contributed by atoms with van der Waals surface area (Å²) in [6.07, 6.45) is 0.760. The number of carboxylic acids is 1. The highest BCUT2D eigenvalue weighted by molar-refractivity contribution is 5.89. The Balaban J connectivity index is 2.19. The summed E-state index contributed by atoms with van der Waals surface area (Å²) in [5.74, 6) is -0.845. The van der Waals surface area contributed by atoms with Crippen LogP contribution in [-0.4, -0.2) is 22.4 Å². The number of rotatable bonds is 5. The molecule has 23 heavy (non-hydrogen) atoms. The Kier molecular flexibility index (Phi) is 3.98. The van der Waals surface area contributed by atoms with Crippen molar-refractivity contribution in [3.05, 3.63) is 65.4 Å². The number of nitrogens with zero attached hydrogens (tertiary/aromatic N) is 2. The molecule has 0 amide bonds. The summed E-state index contributed by atoms with van der Waals surface area (Å²) >= 11 is 0. The fourth-order valence-electron chi connectivity index (χ4n) is 3.00. The number of hydrogen-bond acceptors (Lipinski definition) is 2. The molecule has 3 aromatic rings. The lowest BCUT2D eigenvalue weighted by Crippen LogP contribution is -2.10. The maximum Gasteiger partial charge on any atom is 0.323 e. The Bertz CT molecular complexity index is 879. The molecule has 0 radical (unpaired) electrons. The van der Waals surface area contributed by atoms with Gasteiger partial charge in [0, 0.05) is 16.6 Å². The molecule has 0 fully saturated rings. The van der Waals surface area contributed by atoms with Crippen LogP contribution >= 0.6 is 0 Å². The van der Waals surface area contributed by atoms with E-state index >= 15 is 0 Å². The van der Waals surface area contributed by atoms with Crippen molar-refractivity contribution in [2.24, 2.45) is 4.99 Å². The highest BCUT2D eigenvalue weighted by Crippen LogP contribution is 2.31. The molecule has 1 heterocycles. The highest BCUT2D eigenvalue weighted by atomic mass is 16.4. The van der Waals surface area contributed by atoms with Crippen LogP contribution in [-0.2, 0) is 17.8 Å². The van der Waals surface area contributed by atoms with Crippen molar-refractivity contribution in [1.29, 1.82) is 0 Å². The molecule has 0 saturated carbocycles. The van der Waals surface area contributed by atoms with Crippen molar-refractivity contribution in [3.63, 3.8) is 0 Å². The van der Waals surface area contributed by atoms with E-state index in [-0.39, 0.29) is 6.54 Å². The lowest BCUT2D eigenvalue weighted by atomic mass is 10.0. The van der Waals surface area contributed by atoms with Gasteiger partial charge in [-0.3, -0.25) is 9.79 Å². The second-order valence-corrected chi connectivity index (χ2v) is 5.57. The number of aliphatic carboxylic acids is 1. The average molecular weight is 306 g/mol. The van der Waals surface area contributed by atoms with Crippen molar-refractivity contribution >= 4 is 29.3 Å². The van der Waals surface area contributed by atoms with E-state index in [0.29, 0.717) is 0 Å². The smallest absolute Gasteiger partial charge is 0.323 e. The normalized spacial score (nSPS) is 10.8. The number of hydrogen-bond donors (Lipinski definition) is 1. The first-order chi connectivity index (χ1) is 11.1. The lowest BCUT2D eigenvalue weighted by molar-refractivity contribution is -0.137. The maximum atomic E-state index is 11.2. The number of fused-ring (bicyclic) bond motifs is 1. The molecular weight excluding hydrogens is 288 g/mol. The van der Waals surface area contributed by atoms with Crippen LogP contribution in [0.2, 0.25) is 0 Å². The van der Waals surface area contributed by atoms with E-state index in [4.69, 9.17) is 0 Å². The van der Waals surface area contributed by atoms with Gasteiger partial charge in [0.1, 0.15) is 6.54 Å². The molecule has 0 aliphatic heterocycles. The summed E-state index contributed by atoms with van der Waals surface area (Å²) in [5, 5.41) is 10.2. The highest BCUT2D eigenvalue weighted by Gasteiger charge is 2.16. The summed E-state index contributed by atoms with van der Waals surface area (Å²) in [5.41, 5.74) is 5.02. The molecule has 0 aliphatic rings. The van der Waals surface area contributed by atoms with Crippen LogP contribution in [0.4, 0.5) is 5.69 Å². The number of benzene rings is 2. The van der Waals surface area contributed by atoms with E-state index in [0.717, 1.165) is 34.3 Å². The van der Waals surface area contributed by atoms with Gasteiger partial charge >= 0.3 is 5.97 Å². The predicted molar refractivity (Wildman–Crippen MR) is 92.8 cm³/mol. The van der Waals surface area contributed by atoms with E-state index in [1.54, 1.807) is 0 Å². The van der Waals surface area contributed by atoms with E-state index < -0.39 is 5.97 Å². The number of carbonyl (C=O) groups is 1. The Morgan fingerprint density at radius 1 is 1.22 bits per heavy atom. The van der Waals surface area contributed by atoms with Crippen molar-refractivity contribution < 1.29 is 9.90 Å². The van der Waals surface area contributed by atoms with Crippen LogP contribution in [0.3, 0.4) is 0 Å².